The zero-order chi connectivity index (χ0) is 21.8. The van der Waals surface area contributed by atoms with Crippen molar-refractivity contribution in [2.75, 3.05) is 33.3 Å². The van der Waals surface area contributed by atoms with E-state index >= 15 is 0 Å². The second-order valence-electron chi connectivity index (χ2n) is 8.58. The molecule has 2 heterocycles. The number of likely N-dealkylation sites (tertiary alicyclic amines) is 1. The number of hydrogen-bond acceptors (Lipinski definition) is 5. The predicted octanol–water partition coefficient (Wildman–Crippen LogP) is 2.82. The van der Waals surface area contributed by atoms with E-state index < -0.39 is 6.10 Å². The standard InChI is InChI=1S/C24H30N4O3/c1-24(23(30)25-2)7-9-28(10-8-24)15-19(29)16-31-20-11-17-5-3-4-6-21(17)22(12-20)18-13-26-27-14-18/h3-6,11-14,19,29H,7-10,15-16H2,1-2H3,(H,25,30)(H,26,27). The number of carbonyl (C=O) groups is 1. The van der Waals surface area contributed by atoms with Crippen LogP contribution in [0.4, 0.5) is 0 Å². The van der Waals surface area contributed by atoms with Gasteiger partial charge in [0.1, 0.15) is 18.5 Å². The van der Waals surface area contributed by atoms with Gasteiger partial charge in [-0.15, -0.1) is 0 Å². The Kier molecular flexibility index (Phi) is 6.25. The van der Waals surface area contributed by atoms with Crippen LogP contribution in [0.2, 0.25) is 0 Å². The number of aliphatic hydroxyl groups is 1. The minimum atomic E-state index is -0.604. The molecule has 2 aromatic carbocycles. The highest BCUT2D eigenvalue weighted by molar-refractivity contribution is 5.97. The third-order valence-corrected chi connectivity index (χ3v) is 6.29. The Morgan fingerprint density at radius 3 is 2.81 bits per heavy atom. The Hall–Kier alpha value is -2.90. The molecule has 1 atom stereocenters. The first-order valence-corrected chi connectivity index (χ1v) is 10.8. The number of H-pyrrole nitrogens is 1. The highest BCUT2D eigenvalue weighted by Crippen LogP contribution is 2.33. The Balaban J connectivity index is 1.38. The molecule has 1 amide bonds. The number of β-amino-alcohol motifs (C(OH)–C–C–N with tert-alkyl or cyclic N) is 1. The number of carbonyl (C=O) groups excluding carboxylic acids is 1. The topological polar surface area (TPSA) is 90.5 Å². The van der Waals surface area contributed by atoms with Crippen LogP contribution in [0.1, 0.15) is 19.8 Å². The van der Waals surface area contributed by atoms with Gasteiger partial charge in [-0.05, 0) is 54.4 Å². The quantitative estimate of drug-likeness (QED) is 0.545. The van der Waals surface area contributed by atoms with Gasteiger partial charge in [0.25, 0.3) is 0 Å². The normalized spacial score (nSPS) is 17.4. The summed E-state index contributed by atoms with van der Waals surface area (Å²) in [4.78, 5) is 14.3. The number of piperidine rings is 1. The number of benzene rings is 2. The second-order valence-corrected chi connectivity index (χ2v) is 8.58. The summed E-state index contributed by atoms with van der Waals surface area (Å²) < 4.78 is 5.98. The summed E-state index contributed by atoms with van der Waals surface area (Å²) in [5.41, 5.74) is 1.72. The van der Waals surface area contributed by atoms with Crippen molar-refractivity contribution < 1.29 is 14.6 Å². The molecule has 1 aliphatic heterocycles. The summed E-state index contributed by atoms with van der Waals surface area (Å²) in [6, 6.07) is 12.2. The zero-order valence-electron chi connectivity index (χ0n) is 18.1. The smallest absolute Gasteiger partial charge is 0.225 e. The van der Waals surface area contributed by atoms with E-state index in [9.17, 15) is 9.90 Å². The maximum Gasteiger partial charge on any atom is 0.225 e. The Morgan fingerprint density at radius 2 is 2.10 bits per heavy atom. The van der Waals surface area contributed by atoms with E-state index in [0.717, 1.165) is 53.6 Å². The van der Waals surface area contributed by atoms with Crippen molar-refractivity contribution in [3.8, 4) is 16.9 Å². The average molecular weight is 423 g/mol. The van der Waals surface area contributed by atoms with E-state index in [-0.39, 0.29) is 17.9 Å². The third kappa shape index (κ3) is 4.73. The Bertz CT molecular complexity index is 1030. The maximum atomic E-state index is 12.1. The molecule has 7 heteroatoms. The number of aliphatic hydroxyl groups excluding tert-OH is 1. The van der Waals surface area contributed by atoms with Crippen LogP contribution in [0.15, 0.2) is 48.8 Å². The average Bonchev–Trinajstić information content (AvgIpc) is 3.33. The summed E-state index contributed by atoms with van der Waals surface area (Å²) in [7, 11) is 1.69. The third-order valence-electron chi connectivity index (χ3n) is 6.29. The van der Waals surface area contributed by atoms with Crippen molar-refractivity contribution in [3.05, 3.63) is 48.8 Å². The SMILES string of the molecule is CNC(=O)C1(C)CCN(CC(O)COc2cc(-c3cn[nH]c3)c3ccccc3c2)CC1. The van der Waals surface area contributed by atoms with Gasteiger partial charge >= 0.3 is 0 Å². The molecule has 31 heavy (non-hydrogen) atoms. The molecule has 1 fully saturated rings. The summed E-state index contributed by atoms with van der Waals surface area (Å²) in [6.45, 7) is 4.35. The second kappa shape index (κ2) is 9.08. The number of hydrogen-bond donors (Lipinski definition) is 3. The molecule has 0 saturated carbocycles. The fraction of sp³-hybridized carbons (Fsp3) is 0.417. The summed E-state index contributed by atoms with van der Waals surface area (Å²) in [5, 5.41) is 22.5. The fourth-order valence-corrected chi connectivity index (χ4v) is 4.30. The van der Waals surface area contributed by atoms with Crippen LogP contribution in [0.5, 0.6) is 5.75 Å². The summed E-state index contributed by atoms with van der Waals surface area (Å²) in [6.07, 6.45) is 4.64. The number of rotatable bonds is 7. The molecule has 0 bridgehead atoms. The maximum absolute atomic E-state index is 12.1. The van der Waals surface area contributed by atoms with E-state index in [4.69, 9.17) is 4.74 Å². The van der Waals surface area contributed by atoms with Gasteiger partial charge in [-0.1, -0.05) is 31.2 Å². The van der Waals surface area contributed by atoms with E-state index in [1.807, 2.05) is 37.4 Å². The summed E-state index contributed by atoms with van der Waals surface area (Å²) in [5.74, 6) is 0.820. The Labute approximate surface area is 182 Å². The highest BCUT2D eigenvalue weighted by Gasteiger charge is 2.36. The lowest BCUT2D eigenvalue weighted by atomic mass is 9.79. The molecule has 1 aromatic heterocycles. The van der Waals surface area contributed by atoms with Crippen LogP contribution in [0, 0.1) is 5.41 Å². The van der Waals surface area contributed by atoms with Gasteiger partial charge in [-0.2, -0.15) is 5.10 Å². The predicted molar refractivity (Wildman–Crippen MR) is 121 cm³/mol. The minimum Gasteiger partial charge on any atom is -0.491 e. The van der Waals surface area contributed by atoms with Crippen molar-refractivity contribution in [2.24, 2.45) is 5.41 Å². The number of ether oxygens (including phenoxy) is 1. The molecule has 3 N–H and O–H groups in total. The Morgan fingerprint density at radius 1 is 1.32 bits per heavy atom. The lowest BCUT2D eigenvalue weighted by molar-refractivity contribution is -0.132. The van der Waals surface area contributed by atoms with E-state index in [1.54, 1.807) is 13.2 Å². The molecule has 4 rings (SSSR count). The van der Waals surface area contributed by atoms with Crippen LogP contribution >= 0.6 is 0 Å². The van der Waals surface area contributed by atoms with Crippen LogP contribution in [0.25, 0.3) is 21.9 Å². The van der Waals surface area contributed by atoms with Crippen molar-refractivity contribution in [1.29, 1.82) is 0 Å². The molecule has 7 nitrogen and oxygen atoms in total. The molecule has 1 unspecified atom stereocenters. The first kappa shape index (κ1) is 21.3. The van der Waals surface area contributed by atoms with Gasteiger partial charge < -0.3 is 20.1 Å². The van der Waals surface area contributed by atoms with Gasteiger partial charge in [0.05, 0.1) is 6.20 Å². The van der Waals surface area contributed by atoms with Crippen molar-refractivity contribution in [1.82, 2.24) is 20.4 Å². The fourth-order valence-electron chi connectivity index (χ4n) is 4.30. The molecule has 1 saturated heterocycles. The minimum absolute atomic E-state index is 0.0979. The molecule has 0 spiro atoms. The van der Waals surface area contributed by atoms with Crippen molar-refractivity contribution >= 4 is 16.7 Å². The van der Waals surface area contributed by atoms with Gasteiger partial charge in [-0.3, -0.25) is 9.89 Å². The molecule has 3 aromatic rings. The zero-order valence-corrected chi connectivity index (χ0v) is 18.1. The van der Waals surface area contributed by atoms with E-state index in [1.165, 1.54) is 0 Å². The summed E-state index contributed by atoms with van der Waals surface area (Å²) >= 11 is 0. The molecule has 1 aliphatic rings. The molecule has 164 valence electrons. The van der Waals surface area contributed by atoms with E-state index in [0.29, 0.717) is 6.54 Å². The van der Waals surface area contributed by atoms with Gasteiger partial charge in [0, 0.05) is 30.8 Å². The molecule has 0 radical (unpaired) electrons. The van der Waals surface area contributed by atoms with Crippen molar-refractivity contribution in [3.63, 3.8) is 0 Å². The first-order valence-electron chi connectivity index (χ1n) is 10.8. The monoisotopic (exact) mass is 422 g/mol. The highest BCUT2D eigenvalue weighted by atomic mass is 16.5. The number of amides is 1. The van der Waals surface area contributed by atoms with Crippen molar-refractivity contribution in [2.45, 2.75) is 25.9 Å². The number of nitrogens with zero attached hydrogens (tertiary/aromatic N) is 2. The lowest BCUT2D eigenvalue weighted by Gasteiger charge is -2.38. The molecule has 0 aliphatic carbocycles. The van der Waals surface area contributed by atoms with Crippen LogP contribution in [0.3, 0.4) is 0 Å². The van der Waals surface area contributed by atoms with Crippen LogP contribution < -0.4 is 10.1 Å². The lowest BCUT2D eigenvalue weighted by Crippen LogP contribution is -2.48. The number of fused-ring (bicyclic) bond motifs is 1. The van der Waals surface area contributed by atoms with Crippen LogP contribution in [-0.4, -0.2) is 65.5 Å². The van der Waals surface area contributed by atoms with Crippen LogP contribution in [-0.2, 0) is 4.79 Å². The number of aromatic amines is 1. The molecular weight excluding hydrogens is 392 g/mol. The van der Waals surface area contributed by atoms with E-state index in [2.05, 4.69) is 32.5 Å². The first-order chi connectivity index (χ1) is 15.0. The largest absolute Gasteiger partial charge is 0.491 e. The van der Waals surface area contributed by atoms with Gasteiger partial charge in [0.15, 0.2) is 0 Å². The van der Waals surface area contributed by atoms with Gasteiger partial charge in [-0.25, -0.2) is 0 Å². The number of aromatic nitrogens is 2. The molecular formula is C24H30N4O3. The number of nitrogens with one attached hydrogen (secondary N) is 2. The van der Waals surface area contributed by atoms with Gasteiger partial charge in [0.2, 0.25) is 5.91 Å².